The van der Waals surface area contributed by atoms with Crippen LogP contribution in [0.3, 0.4) is 0 Å². The summed E-state index contributed by atoms with van der Waals surface area (Å²) in [5.41, 5.74) is 0. The summed E-state index contributed by atoms with van der Waals surface area (Å²) in [5, 5.41) is 3.60. The maximum absolute atomic E-state index is 3.60. The first-order valence-corrected chi connectivity index (χ1v) is 6.68. The van der Waals surface area contributed by atoms with Gasteiger partial charge >= 0.3 is 0 Å². The maximum atomic E-state index is 3.60. The molecule has 0 spiro atoms. The van der Waals surface area contributed by atoms with E-state index in [-0.39, 0.29) is 0 Å². The molecular weight excluding hydrogens is 198 g/mol. The van der Waals surface area contributed by atoms with Crippen LogP contribution in [-0.2, 0) is 0 Å². The van der Waals surface area contributed by atoms with Gasteiger partial charge in [-0.05, 0) is 40.8 Å². The molecule has 0 aromatic heterocycles. The van der Waals surface area contributed by atoms with Crippen LogP contribution >= 0.6 is 0 Å². The largest absolute Gasteiger partial charge is 0.313 e. The standard InChI is InChI=1S/C13H29N3/c1-6-11(2)14-9-12(3)16-8-7-13(10-16)15(4)5/h11-14H,6-10H2,1-5H3. The highest BCUT2D eigenvalue weighted by molar-refractivity contribution is 4.84. The molecule has 3 atom stereocenters. The lowest BCUT2D eigenvalue weighted by molar-refractivity contribution is 0.219. The zero-order valence-electron chi connectivity index (χ0n) is 11.7. The Hall–Kier alpha value is -0.120. The van der Waals surface area contributed by atoms with Crippen LogP contribution in [0.4, 0.5) is 0 Å². The van der Waals surface area contributed by atoms with Crippen molar-refractivity contribution in [2.75, 3.05) is 33.7 Å². The molecule has 16 heavy (non-hydrogen) atoms. The zero-order chi connectivity index (χ0) is 12.1. The summed E-state index contributed by atoms with van der Waals surface area (Å²) in [6, 6.07) is 2.07. The molecule has 3 unspecified atom stereocenters. The van der Waals surface area contributed by atoms with Crippen molar-refractivity contribution in [2.24, 2.45) is 0 Å². The predicted molar refractivity (Wildman–Crippen MR) is 70.9 cm³/mol. The molecule has 1 rings (SSSR count). The molecule has 0 saturated carbocycles. The van der Waals surface area contributed by atoms with E-state index in [1.54, 1.807) is 0 Å². The topological polar surface area (TPSA) is 18.5 Å². The van der Waals surface area contributed by atoms with E-state index in [9.17, 15) is 0 Å². The monoisotopic (exact) mass is 227 g/mol. The van der Waals surface area contributed by atoms with Crippen LogP contribution in [0.2, 0.25) is 0 Å². The average Bonchev–Trinajstić information content (AvgIpc) is 2.74. The summed E-state index contributed by atoms with van der Waals surface area (Å²) >= 11 is 0. The van der Waals surface area contributed by atoms with Gasteiger partial charge in [0.05, 0.1) is 0 Å². The van der Waals surface area contributed by atoms with Crippen LogP contribution in [0.1, 0.15) is 33.6 Å². The van der Waals surface area contributed by atoms with Crippen molar-refractivity contribution in [1.29, 1.82) is 0 Å². The lowest BCUT2D eigenvalue weighted by atomic mass is 10.2. The van der Waals surface area contributed by atoms with E-state index in [1.165, 1.54) is 25.9 Å². The normalized spacial score (nSPS) is 26.2. The van der Waals surface area contributed by atoms with E-state index in [1.807, 2.05) is 0 Å². The fourth-order valence-corrected chi connectivity index (χ4v) is 2.24. The molecule has 0 aromatic carbocycles. The van der Waals surface area contributed by atoms with Crippen molar-refractivity contribution in [3.8, 4) is 0 Å². The van der Waals surface area contributed by atoms with Gasteiger partial charge in [0.25, 0.3) is 0 Å². The van der Waals surface area contributed by atoms with Gasteiger partial charge in [-0.25, -0.2) is 0 Å². The van der Waals surface area contributed by atoms with Crippen LogP contribution in [0.5, 0.6) is 0 Å². The van der Waals surface area contributed by atoms with Crippen molar-refractivity contribution in [1.82, 2.24) is 15.1 Å². The third-order valence-corrected chi connectivity index (χ3v) is 3.92. The van der Waals surface area contributed by atoms with E-state index >= 15 is 0 Å². The molecule has 1 aliphatic rings. The van der Waals surface area contributed by atoms with Crippen molar-refractivity contribution in [3.63, 3.8) is 0 Å². The predicted octanol–water partition coefficient (Wildman–Crippen LogP) is 1.40. The van der Waals surface area contributed by atoms with Gasteiger partial charge in [-0.1, -0.05) is 6.92 Å². The first-order chi connectivity index (χ1) is 7.54. The summed E-state index contributed by atoms with van der Waals surface area (Å²) in [6.07, 6.45) is 2.54. The molecule has 0 aliphatic carbocycles. The van der Waals surface area contributed by atoms with Gasteiger partial charge in [0.1, 0.15) is 0 Å². The summed E-state index contributed by atoms with van der Waals surface area (Å²) in [5.74, 6) is 0. The van der Waals surface area contributed by atoms with Crippen LogP contribution in [-0.4, -0.2) is 61.7 Å². The minimum Gasteiger partial charge on any atom is -0.313 e. The van der Waals surface area contributed by atoms with Crippen molar-refractivity contribution < 1.29 is 0 Å². The molecular formula is C13H29N3. The quantitative estimate of drug-likeness (QED) is 0.740. The Bertz CT molecular complexity index is 194. The zero-order valence-corrected chi connectivity index (χ0v) is 11.7. The second-order valence-electron chi connectivity index (χ2n) is 5.47. The van der Waals surface area contributed by atoms with Gasteiger partial charge in [0.15, 0.2) is 0 Å². The van der Waals surface area contributed by atoms with Gasteiger partial charge in [0.2, 0.25) is 0 Å². The number of hydrogen-bond donors (Lipinski definition) is 1. The molecule has 0 radical (unpaired) electrons. The molecule has 0 bridgehead atoms. The Morgan fingerprint density at radius 3 is 2.56 bits per heavy atom. The van der Waals surface area contributed by atoms with Crippen molar-refractivity contribution in [3.05, 3.63) is 0 Å². The smallest absolute Gasteiger partial charge is 0.0229 e. The minimum absolute atomic E-state index is 0.648. The Balaban J connectivity index is 2.25. The Morgan fingerprint density at radius 1 is 1.38 bits per heavy atom. The van der Waals surface area contributed by atoms with E-state index in [4.69, 9.17) is 0 Å². The van der Waals surface area contributed by atoms with Gasteiger partial charge in [-0.3, -0.25) is 4.90 Å². The molecule has 1 N–H and O–H groups in total. The summed E-state index contributed by atoms with van der Waals surface area (Å²) in [6.45, 7) is 10.4. The number of rotatable bonds is 6. The van der Waals surface area contributed by atoms with E-state index in [2.05, 4.69) is 50.0 Å². The SMILES string of the molecule is CCC(C)NCC(C)N1CCC(N(C)C)C1. The van der Waals surface area contributed by atoms with Crippen molar-refractivity contribution >= 4 is 0 Å². The Morgan fingerprint density at radius 2 is 2.06 bits per heavy atom. The second-order valence-corrected chi connectivity index (χ2v) is 5.47. The van der Waals surface area contributed by atoms with Crippen LogP contribution < -0.4 is 5.32 Å². The number of likely N-dealkylation sites (tertiary alicyclic amines) is 1. The second kappa shape index (κ2) is 6.58. The molecule has 1 heterocycles. The Kier molecular flexibility index (Phi) is 5.73. The molecule has 1 aliphatic heterocycles. The number of hydrogen-bond acceptors (Lipinski definition) is 3. The Labute approximate surface area is 101 Å². The van der Waals surface area contributed by atoms with Crippen LogP contribution in [0.25, 0.3) is 0 Å². The maximum Gasteiger partial charge on any atom is 0.0229 e. The number of nitrogens with zero attached hydrogens (tertiary/aromatic N) is 2. The minimum atomic E-state index is 0.648. The van der Waals surface area contributed by atoms with Gasteiger partial charge in [-0.2, -0.15) is 0 Å². The molecule has 3 nitrogen and oxygen atoms in total. The van der Waals surface area contributed by atoms with Crippen LogP contribution in [0.15, 0.2) is 0 Å². The number of nitrogens with one attached hydrogen (secondary N) is 1. The summed E-state index contributed by atoms with van der Waals surface area (Å²) < 4.78 is 0. The summed E-state index contributed by atoms with van der Waals surface area (Å²) in [7, 11) is 4.38. The van der Waals surface area contributed by atoms with E-state index in [0.29, 0.717) is 12.1 Å². The molecule has 1 saturated heterocycles. The lowest BCUT2D eigenvalue weighted by Crippen LogP contribution is -2.43. The summed E-state index contributed by atoms with van der Waals surface area (Å²) in [4.78, 5) is 4.97. The van der Waals surface area contributed by atoms with Crippen LogP contribution in [0, 0.1) is 0 Å². The highest BCUT2D eigenvalue weighted by Crippen LogP contribution is 2.15. The highest BCUT2D eigenvalue weighted by Gasteiger charge is 2.26. The molecule has 0 amide bonds. The van der Waals surface area contributed by atoms with Gasteiger partial charge in [0, 0.05) is 37.8 Å². The first kappa shape index (κ1) is 13.9. The van der Waals surface area contributed by atoms with E-state index < -0.39 is 0 Å². The van der Waals surface area contributed by atoms with Crippen molar-refractivity contribution in [2.45, 2.75) is 51.7 Å². The van der Waals surface area contributed by atoms with E-state index in [0.717, 1.165) is 12.6 Å². The fraction of sp³-hybridized carbons (Fsp3) is 1.00. The molecule has 96 valence electrons. The third-order valence-electron chi connectivity index (χ3n) is 3.92. The highest BCUT2D eigenvalue weighted by atomic mass is 15.3. The average molecular weight is 227 g/mol. The number of likely N-dealkylation sites (N-methyl/N-ethyl adjacent to an activating group) is 1. The fourth-order valence-electron chi connectivity index (χ4n) is 2.24. The third kappa shape index (κ3) is 4.04. The van der Waals surface area contributed by atoms with Gasteiger partial charge < -0.3 is 10.2 Å². The molecule has 3 heteroatoms. The first-order valence-electron chi connectivity index (χ1n) is 6.68. The lowest BCUT2D eigenvalue weighted by Gasteiger charge is -2.27. The van der Waals surface area contributed by atoms with Gasteiger partial charge in [-0.15, -0.1) is 0 Å². The molecule has 0 aromatic rings. The molecule has 1 fully saturated rings.